The topological polar surface area (TPSA) is 17.1 Å². The second-order valence-corrected chi connectivity index (χ2v) is 3.80. The second-order valence-electron chi connectivity index (χ2n) is 1.70. The minimum absolute atomic E-state index is 0.0724. The molecule has 0 fully saturated rings. The van der Waals surface area contributed by atoms with E-state index in [0.717, 1.165) is 0 Å². The molecule has 0 atom stereocenters. The Morgan fingerprint density at radius 3 is 2.90 bits per heavy atom. The van der Waals surface area contributed by atoms with Crippen LogP contribution in [0, 0.1) is 0 Å². The summed E-state index contributed by atoms with van der Waals surface area (Å²) in [5, 5.41) is 2.12. The molecule has 1 heterocycles. The quantitative estimate of drug-likeness (QED) is 0.573. The van der Waals surface area contributed by atoms with Crippen LogP contribution >= 0.6 is 38.9 Å². The molecule has 0 amide bonds. The largest absolute Gasteiger partial charge is 0.293 e. The molecule has 0 saturated heterocycles. The number of Topliss-reactive ketones (excluding diaryl/α,β-unsaturated/α-hetero) is 1. The van der Waals surface area contributed by atoms with Crippen LogP contribution in [0.25, 0.3) is 0 Å². The first kappa shape index (κ1) is 8.24. The fourth-order valence-corrected chi connectivity index (χ4v) is 1.74. The smallest absolute Gasteiger partial charge is 0.174 e. The van der Waals surface area contributed by atoms with Gasteiger partial charge in [-0.1, -0.05) is 27.5 Å². The molecule has 1 aromatic rings. The highest BCUT2D eigenvalue weighted by Gasteiger charge is 2.04. The van der Waals surface area contributed by atoms with Gasteiger partial charge in [-0.3, -0.25) is 4.79 Å². The van der Waals surface area contributed by atoms with Gasteiger partial charge in [-0.2, -0.15) is 0 Å². The van der Waals surface area contributed by atoms with Crippen LogP contribution < -0.4 is 0 Å². The predicted octanol–water partition coefficient (Wildman–Crippen LogP) is 2.98. The summed E-state index contributed by atoms with van der Waals surface area (Å²) in [6.07, 6.45) is 0. The SMILES string of the molecule is O=C(CBr)c1csc(Cl)c1. The van der Waals surface area contributed by atoms with Gasteiger partial charge in [0.1, 0.15) is 0 Å². The lowest BCUT2D eigenvalue weighted by Gasteiger charge is -1.85. The first-order chi connectivity index (χ1) is 4.74. The summed E-state index contributed by atoms with van der Waals surface area (Å²) in [6.45, 7) is 0. The van der Waals surface area contributed by atoms with Crippen molar-refractivity contribution in [3.8, 4) is 0 Å². The number of ketones is 1. The molecule has 10 heavy (non-hydrogen) atoms. The highest BCUT2D eigenvalue weighted by molar-refractivity contribution is 9.09. The molecule has 0 saturated carbocycles. The van der Waals surface area contributed by atoms with Crippen LogP contribution in [0.1, 0.15) is 10.4 Å². The van der Waals surface area contributed by atoms with E-state index in [2.05, 4.69) is 15.9 Å². The van der Waals surface area contributed by atoms with Crippen molar-refractivity contribution in [2.24, 2.45) is 0 Å². The van der Waals surface area contributed by atoms with E-state index in [4.69, 9.17) is 11.6 Å². The minimum atomic E-state index is 0.0724. The van der Waals surface area contributed by atoms with E-state index >= 15 is 0 Å². The Labute approximate surface area is 76.1 Å². The molecule has 1 rings (SSSR count). The third kappa shape index (κ3) is 1.81. The van der Waals surface area contributed by atoms with Crippen LogP contribution in [0.5, 0.6) is 0 Å². The lowest BCUT2D eigenvalue weighted by Crippen LogP contribution is -1.96. The zero-order chi connectivity index (χ0) is 7.56. The number of thiophene rings is 1. The normalized spacial score (nSPS) is 9.80. The van der Waals surface area contributed by atoms with Crippen molar-refractivity contribution in [2.45, 2.75) is 0 Å². The molecule has 54 valence electrons. The van der Waals surface area contributed by atoms with Gasteiger partial charge in [0, 0.05) is 10.9 Å². The monoisotopic (exact) mass is 238 g/mol. The third-order valence-electron chi connectivity index (χ3n) is 1.01. The average molecular weight is 240 g/mol. The summed E-state index contributed by atoms with van der Waals surface area (Å²) >= 11 is 10.1. The maximum absolute atomic E-state index is 10.9. The number of hydrogen-bond donors (Lipinski definition) is 0. The highest BCUT2D eigenvalue weighted by atomic mass is 79.9. The lowest BCUT2D eigenvalue weighted by molar-refractivity contribution is 0.102. The van der Waals surface area contributed by atoms with E-state index in [1.54, 1.807) is 11.4 Å². The van der Waals surface area contributed by atoms with E-state index in [0.29, 0.717) is 15.2 Å². The van der Waals surface area contributed by atoms with E-state index in [-0.39, 0.29) is 5.78 Å². The molecular weight excluding hydrogens is 235 g/mol. The van der Waals surface area contributed by atoms with E-state index < -0.39 is 0 Å². The minimum Gasteiger partial charge on any atom is -0.293 e. The number of rotatable bonds is 2. The second kappa shape index (κ2) is 3.51. The number of alkyl halides is 1. The Morgan fingerprint density at radius 2 is 2.50 bits per heavy atom. The zero-order valence-corrected chi connectivity index (χ0v) is 8.09. The Bertz CT molecular complexity index is 246. The molecule has 0 aliphatic rings. The summed E-state index contributed by atoms with van der Waals surface area (Å²) < 4.78 is 0.657. The maximum atomic E-state index is 10.9. The van der Waals surface area contributed by atoms with E-state index in [1.807, 2.05) is 0 Å². The Balaban J connectivity index is 2.85. The third-order valence-corrected chi connectivity index (χ3v) is 2.61. The summed E-state index contributed by atoms with van der Waals surface area (Å²) in [7, 11) is 0. The molecule has 0 unspecified atom stereocenters. The van der Waals surface area contributed by atoms with Gasteiger partial charge in [-0.25, -0.2) is 0 Å². The summed E-state index contributed by atoms with van der Waals surface area (Å²) in [5.41, 5.74) is 0.687. The molecule has 1 aromatic heterocycles. The van der Waals surface area contributed by atoms with Gasteiger partial charge in [-0.05, 0) is 6.07 Å². The van der Waals surface area contributed by atoms with Crippen LogP contribution in [-0.2, 0) is 0 Å². The van der Waals surface area contributed by atoms with Crippen LogP contribution in [0.4, 0.5) is 0 Å². The predicted molar refractivity (Wildman–Crippen MR) is 47.5 cm³/mol. The van der Waals surface area contributed by atoms with E-state index in [1.165, 1.54) is 11.3 Å². The Hall–Kier alpha value is 0.140. The first-order valence-electron chi connectivity index (χ1n) is 2.57. The lowest BCUT2D eigenvalue weighted by atomic mass is 10.2. The van der Waals surface area contributed by atoms with Crippen molar-refractivity contribution in [1.82, 2.24) is 0 Å². The fraction of sp³-hybridized carbons (Fsp3) is 0.167. The number of carbonyl (C=O) groups is 1. The van der Waals surface area contributed by atoms with Crippen molar-refractivity contribution in [1.29, 1.82) is 0 Å². The molecule has 0 aliphatic heterocycles. The zero-order valence-electron chi connectivity index (χ0n) is 4.93. The molecular formula is C6H4BrClOS. The van der Waals surface area contributed by atoms with Crippen LogP contribution in [0.15, 0.2) is 11.4 Å². The molecule has 1 nitrogen and oxygen atoms in total. The van der Waals surface area contributed by atoms with Gasteiger partial charge in [0.25, 0.3) is 0 Å². The highest BCUT2D eigenvalue weighted by Crippen LogP contribution is 2.20. The summed E-state index contributed by atoms with van der Waals surface area (Å²) in [5.74, 6) is 0.0724. The number of halogens is 2. The Morgan fingerprint density at radius 1 is 1.80 bits per heavy atom. The molecule has 4 heteroatoms. The van der Waals surface area contributed by atoms with Gasteiger partial charge in [-0.15, -0.1) is 11.3 Å². The van der Waals surface area contributed by atoms with Crippen LogP contribution in [0.3, 0.4) is 0 Å². The van der Waals surface area contributed by atoms with Crippen molar-refractivity contribution < 1.29 is 4.79 Å². The van der Waals surface area contributed by atoms with Crippen LogP contribution in [0.2, 0.25) is 4.34 Å². The van der Waals surface area contributed by atoms with Crippen molar-refractivity contribution in [3.05, 3.63) is 21.3 Å². The van der Waals surface area contributed by atoms with Crippen molar-refractivity contribution >= 4 is 44.7 Å². The fourth-order valence-electron chi connectivity index (χ4n) is 0.533. The molecule has 0 radical (unpaired) electrons. The molecule has 0 aromatic carbocycles. The maximum Gasteiger partial charge on any atom is 0.174 e. The van der Waals surface area contributed by atoms with Crippen molar-refractivity contribution in [3.63, 3.8) is 0 Å². The van der Waals surface area contributed by atoms with E-state index in [9.17, 15) is 4.79 Å². The van der Waals surface area contributed by atoms with Gasteiger partial charge < -0.3 is 0 Å². The standard InChI is InChI=1S/C6H4BrClOS/c7-2-5(9)4-1-6(8)10-3-4/h1,3H,2H2. The first-order valence-corrected chi connectivity index (χ1v) is 4.95. The Kier molecular flexibility index (Phi) is 2.89. The number of carbonyl (C=O) groups excluding carboxylic acids is 1. The average Bonchev–Trinajstić information content (AvgIpc) is 2.34. The molecule has 0 bridgehead atoms. The van der Waals surface area contributed by atoms with Gasteiger partial charge in [0.05, 0.1) is 9.67 Å². The summed E-state index contributed by atoms with van der Waals surface area (Å²) in [6, 6.07) is 1.68. The van der Waals surface area contributed by atoms with Gasteiger partial charge >= 0.3 is 0 Å². The van der Waals surface area contributed by atoms with Gasteiger partial charge in [0.15, 0.2) is 5.78 Å². The number of hydrogen-bond acceptors (Lipinski definition) is 2. The summed E-state index contributed by atoms with van der Waals surface area (Å²) in [4.78, 5) is 10.9. The van der Waals surface area contributed by atoms with Gasteiger partial charge in [0.2, 0.25) is 0 Å². The molecule has 0 spiro atoms. The molecule has 0 N–H and O–H groups in total. The molecule has 0 aliphatic carbocycles. The van der Waals surface area contributed by atoms with Crippen LogP contribution in [-0.4, -0.2) is 11.1 Å². The van der Waals surface area contributed by atoms with Crippen molar-refractivity contribution in [2.75, 3.05) is 5.33 Å².